The lowest BCUT2D eigenvalue weighted by atomic mass is 9.76. The molecule has 1 N–H and O–H groups in total. The van der Waals surface area contributed by atoms with Crippen molar-refractivity contribution < 1.29 is 18.0 Å². The molecular weight excluding hydrogens is 314 g/mol. The minimum atomic E-state index is -2.58. The van der Waals surface area contributed by atoms with E-state index < -0.39 is 5.92 Å². The zero-order valence-electron chi connectivity index (χ0n) is 13.8. The molecule has 132 valence electrons. The summed E-state index contributed by atoms with van der Waals surface area (Å²) in [5, 5.41) is 2.87. The predicted molar refractivity (Wildman–Crippen MR) is 84.5 cm³/mol. The number of hydrogen-bond donors (Lipinski definition) is 1. The van der Waals surface area contributed by atoms with Crippen LogP contribution in [-0.4, -0.2) is 35.9 Å². The second-order valence-corrected chi connectivity index (χ2v) is 7.82. The number of halogens is 2. The lowest BCUT2D eigenvalue weighted by molar-refractivity contribution is -0.135. The van der Waals surface area contributed by atoms with Crippen LogP contribution < -0.4 is 5.32 Å². The van der Waals surface area contributed by atoms with Crippen LogP contribution in [0.3, 0.4) is 0 Å². The molecule has 2 heterocycles. The Morgan fingerprint density at radius 2 is 2.21 bits per heavy atom. The van der Waals surface area contributed by atoms with Gasteiger partial charge in [0.1, 0.15) is 5.76 Å². The van der Waals surface area contributed by atoms with E-state index in [1.165, 1.54) is 0 Å². The molecule has 2 aliphatic carbocycles. The van der Waals surface area contributed by atoms with Crippen LogP contribution in [0.15, 0.2) is 22.8 Å². The van der Waals surface area contributed by atoms with Crippen LogP contribution in [0.5, 0.6) is 0 Å². The number of likely N-dealkylation sites (tertiary alicyclic amines) is 1. The highest BCUT2D eigenvalue weighted by molar-refractivity contribution is 5.80. The lowest BCUT2D eigenvalue weighted by Gasteiger charge is -2.38. The van der Waals surface area contributed by atoms with Crippen molar-refractivity contribution in [1.29, 1.82) is 0 Å². The maximum atomic E-state index is 13.0. The molecule has 2 atom stereocenters. The summed E-state index contributed by atoms with van der Waals surface area (Å²) >= 11 is 0. The molecule has 0 aromatic carbocycles. The highest BCUT2D eigenvalue weighted by Crippen LogP contribution is 2.50. The third-order valence-electron chi connectivity index (χ3n) is 6.08. The van der Waals surface area contributed by atoms with Gasteiger partial charge in [0.15, 0.2) is 0 Å². The van der Waals surface area contributed by atoms with Crippen molar-refractivity contribution in [2.45, 2.75) is 57.0 Å². The lowest BCUT2D eigenvalue weighted by Crippen LogP contribution is -2.53. The Morgan fingerprint density at radius 3 is 2.92 bits per heavy atom. The van der Waals surface area contributed by atoms with Crippen LogP contribution in [-0.2, 0) is 11.3 Å². The second-order valence-electron chi connectivity index (χ2n) is 7.82. The van der Waals surface area contributed by atoms with Gasteiger partial charge in [-0.25, -0.2) is 8.78 Å². The first kappa shape index (κ1) is 16.1. The molecule has 6 heteroatoms. The molecule has 1 amide bonds. The van der Waals surface area contributed by atoms with Crippen LogP contribution in [0.25, 0.3) is 0 Å². The quantitative estimate of drug-likeness (QED) is 0.917. The molecular formula is C18H24F2N2O2. The van der Waals surface area contributed by atoms with E-state index >= 15 is 0 Å². The number of hydrogen-bond acceptors (Lipinski definition) is 3. The zero-order chi connectivity index (χ0) is 16.8. The predicted octanol–water partition coefficient (Wildman–Crippen LogP) is 3.19. The fourth-order valence-electron chi connectivity index (χ4n) is 4.84. The number of nitrogens with one attached hydrogen (secondary N) is 1. The molecule has 2 saturated carbocycles. The number of furan rings is 1. The summed E-state index contributed by atoms with van der Waals surface area (Å²) in [5.74, 6) is -1.68. The topological polar surface area (TPSA) is 45.5 Å². The minimum Gasteiger partial charge on any atom is -0.468 e. The normalized spacial score (nSPS) is 33.0. The molecule has 1 spiro atoms. The van der Waals surface area contributed by atoms with Crippen LogP contribution in [0.4, 0.5) is 8.78 Å². The number of carbonyl (C=O) groups is 1. The van der Waals surface area contributed by atoms with Crippen molar-refractivity contribution in [1.82, 2.24) is 10.2 Å². The molecule has 0 bridgehead atoms. The Labute approximate surface area is 140 Å². The molecule has 1 aromatic heterocycles. The number of nitrogens with zero attached hydrogens (tertiary/aromatic N) is 1. The fourth-order valence-corrected chi connectivity index (χ4v) is 4.84. The number of carbonyl (C=O) groups excluding carboxylic acids is 1. The third kappa shape index (κ3) is 2.96. The number of amides is 1. The molecule has 24 heavy (non-hydrogen) atoms. The summed E-state index contributed by atoms with van der Waals surface area (Å²) in [6.07, 6.45) is 5.26. The van der Waals surface area contributed by atoms with E-state index in [9.17, 15) is 13.6 Å². The molecule has 0 unspecified atom stereocenters. The highest BCUT2D eigenvalue weighted by Gasteiger charge is 2.52. The summed E-state index contributed by atoms with van der Waals surface area (Å²) in [5.41, 5.74) is 0.0168. The monoisotopic (exact) mass is 338 g/mol. The average molecular weight is 338 g/mol. The number of rotatable bonds is 4. The van der Waals surface area contributed by atoms with Gasteiger partial charge in [0.25, 0.3) is 5.92 Å². The van der Waals surface area contributed by atoms with Gasteiger partial charge in [-0.1, -0.05) is 6.42 Å². The standard InChI is InChI=1S/C18H24F2N2O2/c19-18(20)9-13(10-18)21-16(23)15-4-1-5-17(15)6-7-22(12-17)11-14-3-2-8-24-14/h2-3,8,13,15H,1,4-7,9-12H2,(H,21,23)/t15-,17-/m0/s1. The Kier molecular flexibility index (Phi) is 3.90. The van der Waals surface area contributed by atoms with Gasteiger partial charge >= 0.3 is 0 Å². The summed E-state index contributed by atoms with van der Waals surface area (Å²) in [4.78, 5) is 15.0. The molecule has 4 rings (SSSR count). The van der Waals surface area contributed by atoms with E-state index in [2.05, 4.69) is 10.2 Å². The minimum absolute atomic E-state index is 0.00662. The molecule has 4 nitrogen and oxygen atoms in total. The highest BCUT2D eigenvalue weighted by atomic mass is 19.3. The van der Waals surface area contributed by atoms with E-state index in [4.69, 9.17) is 4.42 Å². The van der Waals surface area contributed by atoms with E-state index in [-0.39, 0.29) is 36.1 Å². The van der Waals surface area contributed by atoms with E-state index in [0.29, 0.717) is 0 Å². The SMILES string of the molecule is O=C(NC1CC(F)(F)C1)[C@@H]1CCC[C@@]12CCN(Cc1ccco1)C2. The van der Waals surface area contributed by atoms with Crippen LogP contribution >= 0.6 is 0 Å². The fraction of sp³-hybridized carbons (Fsp3) is 0.722. The second kappa shape index (κ2) is 5.83. The van der Waals surface area contributed by atoms with Gasteiger partial charge in [0.2, 0.25) is 5.91 Å². The third-order valence-corrected chi connectivity index (χ3v) is 6.08. The summed E-state index contributed by atoms with van der Waals surface area (Å²) in [7, 11) is 0. The summed E-state index contributed by atoms with van der Waals surface area (Å²) in [6, 6.07) is 3.52. The van der Waals surface area contributed by atoms with E-state index in [0.717, 1.165) is 51.1 Å². The van der Waals surface area contributed by atoms with Crippen molar-refractivity contribution in [3.05, 3.63) is 24.2 Å². The average Bonchev–Trinajstić information content (AvgIpc) is 3.20. The van der Waals surface area contributed by atoms with Crippen molar-refractivity contribution >= 4 is 5.91 Å². The zero-order valence-corrected chi connectivity index (χ0v) is 13.8. The van der Waals surface area contributed by atoms with Gasteiger partial charge in [-0.3, -0.25) is 9.69 Å². The van der Waals surface area contributed by atoms with Crippen LogP contribution in [0.2, 0.25) is 0 Å². The maximum Gasteiger partial charge on any atom is 0.252 e. The van der Waals surface area contributed by atoms with E-state index in [1.54, 1.807) is 6.26 Å². The van der Waals surface area contributed by atoms with Crippen molar-refractivity contribution in [3.8, 4) is 0 Å². The molecule has 3 fully saturated rings. The van der Waals surface area contributed by atoms with E-state index in [1.807, 2.05) is 12.1 Å². The first-order valence-corrected chi connectivity index (χ1v) is 8.89. The van der Waals surface area contributed by atoms with Gasteiger partial charge in [0, 0.05) is 31.3 Å². The first-order chi connectivity index (χ1) is 11.5. The van der Waals surface area contributed by atoms with Gasteiger partial charge < -0.3 is 9.73 Å². The Morgan fingerprint density at radius 1 is 1.38 bits per heavy atom. The summed E-state index contributed by atoms with van der Waals surface area (Å²) in [6.45, 7) is 2.64. The van der Waals surface area contributed by atoms with Crippen LogP contribution in [0, 0.1) is 11.3 Å². The number of alkyl halides is 2. The first-order valence-electron chi connectivity index (χ1n) is 8.89. The van der Waals surface area contributed by atoms with Gasteiger partial charge in [-0.15, -0.1) is 0 Å². The molecule has 0 radical (unpaired) electrons. The maximum absolute atomic E-state index is 13.0. The largest absolute Gasteiger partial charge is 0.468 e. The smallest absolute Gasteiger partial charge is 0.252 e. The van der Waals surface area contributed by atoms with Crippen LogP contribution in [0.1, 0.15) is 44.3 Å². The Hall–Kier alpha value is -1.43. The Bertz CT molecular complexity index is 596. The van der Waals surface area contributed by atoms with Gasteiger partial charge in [0.05, 0.1) is 12.8 Å². The van der Waals surface area contributed by atoms with Gasteiger partial charge in [-0.2, -0.15) is 0 Å². The molecule has 3 aliphatic rings. The molecule has 1 saturated heterocycles. The molecule has 1 aromatic rings. The van der Waals surface area contributed by atoms with Crippen molar-refractivity contribution in [2.75, 3.05) is 13.1 Å². The van der Waals surface area contributed by atoms with Gasteiger partial charge in [-0.05, 0) is 43.4 Å². The van der Waals surface area contributed by atoms with Crippen molar-refractivity contribution in [3.63, 3.8) is 0 Å². The Balaban J connectivity index is 1.37. The summed E-state index contributed by atoms with van der Waals surface area (Å²) < 4.78 is 31.4. The molecule has 1 aliphatic heterocycles. The van der Waals surface area contributed by atoms with Crippen molar-refractivity contribution in [2.24, 2.45) is 11.3 Å².